The summed E-state index contributed by atoms with van der Waals surface area (Å²) < 4.78 is 4.70. The largest absolute Gasteiger partial charge is 0.469 e. The number of hydrogen-bond acceptors (Lipinski definition) is 14. The van der Waals surface area contributed by atoms with Gasteiger partial charge in [0.1, 0.15) is 0 Å². The smallest absolute Gasteiger partial charge is 0.308 e. The van der Waals surface area contributed by atoms with Crippen molar-refractivity contribution < 1.29 is 24.2 Å². The van der Waals surface area contributed by atoms with Crippen LogP contribution in [-0.4, -0.2) is 153 Å². The highest BCUT2D eigenvalue weighted by molar-refractivity contribution is 5.76. The maximum atomic E-state index is 11.1. The number of carbonyl (C=O) groups is 3. The van der Waals surface area contributed by atoms with E-state index >= 15 is 0 Å². The summed E-state index contributed by atoms with van der Waals surface area (Å²) in [6, 6.07) is 5.76. The van der Waals surface area contributed by atoms with E-state index in [2.05, 4.69) is 68.5 Å². The van der Waals surface area contributed by atoms with E-state index in [-0.39, 0.29) is 35.7 Å². The third kappa shape index (κ3) is 37.2. The lowest BCUT2D eigenvalue weighted by Crippen LogP contribution is -2.40. The van der Waals surface area contributed by atoms with Crippen LogP contribution in [0.2, 0.25) is 0 Å². The van der Waals surface area contributed by atoms with Gasteiger partial charge in [0, 0.05) is 73.8 Å². The highest BCUT2D eigenvalue weighted by Crippen LogP contribution is 2.26. The third-order valence-corrected chi connectivity index (χ3v) is 16.1. The predicted octanol–water partition coefficient (Wildman–Crippen LogP) is 5.90. The number of primary amides is 1. The maximum Gasteiger partial charge on any atom is 0.308 e. The Labute approximate surface area is 448 Å². The minimum Gasteiger partial charge on any atom is -0.469 e. The number of hydrogen-bond donors (Lipinski definition) is 12. The molecule has 16 nitrogen and oxygen atoms in total. The number of likely N-dealkylation sites (N-methyl/N-ethyl adjacent to an activating group) is 1. The molecule has 2 atom stereocenters. The lowest BCUT2D eigenvalue weighted by atomic mass is 9.86. The number of nitrogens with two attached hydrogens (primary N) is 2. The number of aliphatic hydroxyl groups excluding tert-OH is 1. The van der Waals surface area contributed by atoms with Crippen molar-refractivity contribution >= 4 is 17.8 Å². The molecule has 7 fully saturated rings. The van der Waals surface area contributed by atoms with Crippen molar-refractivity contribution in [2.45, 2.75) is 254 Å². The molecule has 0 bridgehead atoms. The van der Waals surface area contributed by atoms with E-state index in [4.69, 9.17) is 16.2 Å². The number of amides is 2. The van der Waals surface area contributed by atoms with Crippen molar-refractivity contribution in [3.63, 3.8) is 0 Å². The average Bonchev–Trinajstić information content (AvgIpc) is 3.97. The minimum absolute atomic E-state index is 0.0375. The van der Waals surface area contributed by atoms with E-state index in [1.54, 1.807) is 6.92 Å². The molecule has 14 N–H and O–H groups in total. The molecule has 0 heterocycles. The lowest BCUT2D eigenvalue weighted by Gasteiger charge is -2.28. The molecule has 0 aromatic rings. The van der Waals surface area contributed by atoms with E-state index < -0.39 is 0 Å². The van der Waals surface area contributed by atoms with Crippen molar-refractivity contribution in [1.82, 2.24) is 47.9 Å². The minimum atomic E-state index is -0.125. The van der Waals surface area contributed by atoms with Crippen molar-refractivity contribution in [2.75, 3.05) is 70.0 Å². The Balaban J connectivity index is 0.000000821. The molecule has 0 radical (unpaired) electrons. The Kier molecular flexibility index (Phi) is 45.6. The van der Waals surface area contributed by atoms with Crippen molar-refractivity contribution in [3.8, 4) is 0 Å². The number of ether oxygens (including phenoxy) is 1. The van der Waals surface area contributed by atoms with Gasteiger partial charge in [-0.25, -0.2) is 0 Å². The van der Waals surface area contributed by atoms with Crippen LogP contribution in [0.4, 0.5) is 0 Å². The molecule has 0 aliphatic heterocycles. The van der Waals surface area contributed by atoms with Crippen LogP contribution >= 0.6 is 0 Å². The van der Waals surface area contributed by atoms with Gasteiger partial charge in [0.05, 0.1) is 19.1 Å². The second kappa shape index (κ2) is 47.0. The fraction of sp³-hybridized carbons (Fsp3) is 0.912. The molecule has 16 heteroatoms. The first-order valence-corrected chi connectivity index (χ1v) is 29.2. The molecule has 0 spiro atoms. The number of rotatable bonds is 12. The second-order valence-corrected chi connectivity index (χ2v) is 21.6. The summed E-state index contributed by atoms with van der Waals surface area (Å²) >= 11 is 0. The van der Waals surface area contributed by atoms with E-state index in [1.807, 2.05) is 48.4 Å². The summed E-state index contributed by atoms with van der Waals surface area (Å²) in [7, 11) is 17.4. The molecule has 7 aliphatic carbocycles. The summed E-state index contributed by atoms with van der Waals surface area (Å²) in [4.78, 5) is 32.6. The Morgan fingerprint density at radius 3 is 1.14 bits per heavy atom. The summed E-state index contributed by atoms with van der Waals surface area (Å²) in [6.07, 6.45) is 36.7. The summed E-state index contributed by atoms with van der Waals surface area (Å²) in [5.41, 5.74) is 10.9. The van der Waals surface area contributed by atoms with Gasteiger partial charge >= 0.3 is 5.97 Å². The van der Waals surface area contributed by atoms with Gasteiger partial charge in [0.2, 0.25) is 11.8 Å². The van der Waals surface area contributed by atoms with Crippen LogP contribution in [0.15, 0.2) is 12.7 Å². The number of methoxy groups -OCH3 is 1. The Morgan fingerprint density at radius 2 is 0.836 bits per heavy atom. The van der Waals surface area contributed by atoms with Gasteiger partial charge in [-0.3, -0.25) is 14.4 Å². The first-order chi connectivity index (χ1) is 35.2. The standard InChI is InChI=1S/C9H18N2O.C9H17NO2.C8H16N2O.C7H16N2.C7H15NO.C7H15N.C6H13N.C4H9N/c1-7(12)11-9-5-3-8(10-2)4-6-9;1-10-8-5-3-7(4-6-8)9(11)12-2;1-10-7-4-2-6(3-5-7)8(9)11;1-9-7-4-2-6(8)3-5-7;1-8-6-3-2-4-7(9)5-6;1-8-7-5-3-2-4-6-7;1-7-6-4-2-3-5-6;1-3-4-5-2/h8-10H,3-6H2,1-2H3,(H,11,12);7-8,10H,3-6H2,1-2H3;6-7,10H,2-5H2,1H3,(H2,9,11);6-7,9H,2-5,8H2,1H3;6-9H,2-5H2,1H3;7-8H,2-6H2,1H3;6-7H,2-5H2,1H3;3,5H,1,4H2,2H3. The van der Waals surface area contributed by atoms with Crippen LogP contribution in [0.25, 0.3) is 0 Å². The van der Waals surface area contributed by atoms with Gasteiger partial charge in [-0.1, -0.05) is 38.2 Å². The second-order valence-electron chi connectivity index (χ2n) is 21.6. The van der Waals surface area contributed by atoms with Crippen LogP contribution in [0.1, 0.15) is 193 Å². The first-order valence-electron chi connectivity index (χ1n) is 29.2. The molecular weight excluding hydrogens is 919 g/mol. The Morgan fingerprint density at radius 1 is 0.493 bits per heavy atom. The predicted molar refractivity (Wildman–Crippen MR) is 308 cm³/mol. The highest BCUT2D eigenvalue weighted by Gasteiger charge is 2.26. The fourth-order valence-corrected chi connectivity index (χ4v) is 10.8. The molecule has 432 valence electrons. The molecule has 7 rings (SSSR count). The first kappa shape index (κ1) is 70.8. The number of aliphatic hydroxyl groups is 1. The molecule has 0 aromatic carbocycles. The summed E-state index contributed by atoms with van der Waals surface area (Å²) in [6.45, 7) is 5.98. The van der Waals surface area contributed by atoms with Gasteiger partial charge in [-0.2, -0.15) is 0 Å². The van der Waals surface area contributed by atoms with E-state index in [1.165, 1.54) is 116 Å². The molecule has 7 saturated carbocycles. The van der Waals surface area contributed by atoms with Gasteiger partial charge in [-0.15, -0.1) is 6.58 Å². The molecular formula is C57H119N11O5. The van der Waals surface area contributed by atoms with Crippen molar-refractivity contribution in [1.29, 1.82) is 0 Å². The van der Waals surface area contributed by atoms with Crippen LogP contribution < -0.4 is 59.3 Å². The van der Waals surface area contributed by atoms with Gasteiger partial charge in [0.25, 0.3) is 0 Å². The quantitative estimate of drug-likeness (QED) is 0.0805. The zero-order valence-electron chi connectivity index (χ0n) is 48.7. The topological polar surface area (TPSA) is 241 Å². The van der Waals surface area contributed by atoms with Gasteiger partial charge in [-0.05, 0) is 210 Å². The molecule has 73 heavy (non-hydrogen) atoms. The number of carbonyl (C=O) groups excluding carboxylic acids is 3. The van der Waals surface area contributed by atoms with E-state index in [9.17, 15) is 19.5 Å². The van der Waals surface area contributed by atoms with Crippen LogP contribution in [0.3, 0.4) is 0 Å². The molecule has 0 saturated heterocycles. The normalized spacial score (nSPS) is 29.0. The van der Waals surface area contributed by atoms with E-state index in [0.717, 1.165) is 102 Å². The monoisotopic (exact) mass is 1040 g/mol. The Hall–Kier alpha value is -2.25. The van der Waals surface area contributed by atoms with Gasteiger partial charge in [0.15, 0.2) is 0 Å². The maximum absolute atomic E-state index is 11.1. The number of esters is 1. The van der Waals surface area contributed by atoms with Crippen molar-refractivity contribution in [3.05, 3.63) is 12.7 Å². The molecule has 2 unspecified atom stereocenters. The van der Waals surface area contributed by atoms with Crippen LogP contribution in [0.5, 0.6) is 0 Å². The molecule has 0 aromatic heterocycles. The Bertz CT molecular complexity index is 1290. The SMILES string of the molecule is C=CCNC.CNC1CCC(C(=O)OC)CC1.CNC1CCC(C(N)=O)CC1.CNC1CCC(N)CC1.CNC1CCC(NC(C)=O)CC1.CNC1CCCC(O)C1.CNC1CCCC1.CNC1CCCCC1. The molecule has 2 amide bonds. The lowest BCUT2D eigenvalue weighted by molar-refractivity contribution is -0.146. The third-order valence-electron chi connectivity index (χ3n) is 16.1. The fourth-order valence-electron chi connectivity index (χ4n) is 10.8. The van der Waals surface area contributed by atoms with Crippen molar-refractivity contribution in [2.24, 2.45) is 23.3 Å². The molecule has 7 aliphatic rings. The van der Waals surface area contributed by atoms with Crippen LogP contribution in [0, 0.1) is 11.8 Å². The summed E-state index contributed by atoms with van der Waals surface area (Å²) in [5.74, 6) is 0.228. The summed E-state index contributed by atoms with van der Waals surface area (Å²) in [5, 5.41) is 37.7. The highest BCUT2D eigenvalue weighted by atomic mass is 16.5. The number of nitrogens with one attached hydrogen (secondary N) is 9. The van der Waals surface area contributed by atoms with E-state index in [0.29, 0.717) is 36.3 Å². The van der Waals surface area contributed by atoms with Gasteiger partial charge < -0.3 is 69.2 Å². The average molecular weight is 1040 g/mol. The zero-order valence-corrected chi connectivity index (χ0v) is 48.7. The zero-order chi connectivity index (χ0) is 54.7. The van der Waals surface area contributed by atoms with Crippen LogP contribution in [-0.2, 0) is 19.1 Å².